The summed E-state index contributed by atoms with van der Waals surface area (Å²) >= 11 is 3.34. The van der Waals surface area contributed by atoms with Gasteiger partial charge in [-0.1, -0.05) is 29.8 Å². The topological polar surface area (TPSA) is 32.3 Å². The first kappa shape index (κ1) is 12.6. The van der Waals surface area contributed by atoms with Crippen LogP contribution in [-0.4, -0.2) is 17.8 Å². The van der Waals surface area contributed by atoms with E-state index in [2.05, 4.69) is 21.2 Å². The quantitative estimate of drug-likeness (QED) is 0.886. The number of aliphatic hydroxyl groups is 1. The van der Waals surface area contributed by atoms with E-state index in [0.717, 1.165) is 10.0 Å². The molecule has 1 aromatic rings. The zero-order valence-corrected chi connectivity index (χ0v) is 10.4. The molecular weight excluding hydrogens is 261 g/mol. The van der Waals surface area contributed by atoms with Crippen LogP contribution in [0.25, 0.3) is 0 Å². The highest BCUT2D eigenvalue weighted by Gasteiger charge is 2.14. The summed E-state index contributed by atoms with van der Waals surface area (Å²) in [5.41, 5.74) is 0.742. The Kier molecular flexibility index (Phi) is 4.70. The number of nitrogens with one attached hydrogen (secondary N) is 1. The van der Waals surface area contributed by atoms with Crippen LogP contribution in [0, 0.1) is 5.82 Å². The Morgan fingerprint density at radius 2 is 2.13 bits per heavy atom. The summed E-state index contributed by atoms with van der Waals surface area (Å²) in [6.07, 6.45) is 0. The van der Waals surface area contributed by atoms with Crippen molar-refractivity contribution in [1.82, 2.24) is 5.32 Å². The van der Waals surface area contributed by atoms with E-state index in [1.54, 1.807) is 6.07 Å². The summed E-state index contributed by atoms with van der Waals surface area (Å²) in [5, 5.41) is 12.4. The van der Waals surface area contributed by atoms with Crippen molar-refractivity contribution < 1.29 is 9.50 Å². The molecule has 0 spiro atoms. The van der Waals surface area contributed by atoms with Crippen LogP contribution in [0.4, 0.5) is 4.39 Å². The van der Waals surface area contributed by atoms with Gasteiger partial charge in [-0.05, 0) is 23.8 Å². The maximum absolute atomic E-state index is 13.1. The molecule has 15 heavy (non-hydrogen) atoms. The van der Waals surface area contributed by atoms with E-state index in [-0.39, 0.29) is 24.5 Å². The van der Waals surface area contributed by atoms with Gasteiger partial charge in [-0.2, -0.15) is 0 Å². The van der Waals surface area contributed by atoms with Gasteiger partial charge >= 0.3 is 0 Å². The Morgan fingerprint density at radius 1 is 1.47 bits per heavy atom. The normalized spacial score (nSPS) is 13.2. The van der Waals surface area contributed by atoms with Crippen LogP contribution in [0.5, 0.6) is 0 Å². The van der Waals surface area contributed by atoms with Crippen molar-refractivity contribution in [3.8, 4) is 0 Å². The molecule has 0 bridgehead atoms. The maximum atomic E-state index is 13.1. The van der Waals surface area contributed by atoms with E-state index in [9.17, 15) is 9.50 Å². The molecule has 1 aromatic carbocycles. The minimum absolute atomic E-state index is 0.0553. The Labute approximate surface area is 97.6 Å². The van der Waals surface area contributed by atoms with Crippen LogP contribution < -0.4 is 5.32 Å². The summed E-state index contributed by atoms with van der Waals surface area (Å²) in [6.45, 7) is 3.91. The predicted molar refractivity (Wildman–Crippen MR) is 62.2 cm³/mol. The fraction of sp³-hybridized carbons (Fsp3) is 0.455. The van der Waals surface area contributed by atoms with Gasteiger partial charge in [-0.3, -0.25) is 0 Å². The molecule has 0 saturated heterocycles. The van der Waals surface area contributed by atoms with Gasteiger partial charge < -0.3 is 10.4 Å². The highest BCUT2D eigenvalue weighted by atomic mass is 79.9. The van der Waals surface area contributed by atoms with Gasteiger partial charge in [-0.25, -0.2) is 4.39 Å². The third kappa shape index (κ3) is 3.55. The lowest BCUT2D eigenvalue weighted by atomic mass is 10.1. The SMILES string of the molecule is CC(C)NC(CO)c1cc(F)ccc1Br. The molecule has 84 valence electrons. The lowest BCUT2D eigenvalue weighted by molar-refractivity contribution is 0.236. The molecule has 1 rings (SSSR count). The molecule has 0 fully saturated rings. The van der Waals surface area contributed by atoms with Gasteiger partial charge in [0, 0.05) is 10.5 Å². The average molecular weight is 276 g/mol. The molecule has 0 saturated carbocycles. The lowest BCUT2D eigenvalue weighted by Crippen LogP contribution is -2.30. The van der Waals surface area contributed by atoms with E-state index in [1.807, 2.05) is 13.8 Å². The van der Waals surface area contributed by atoms with Crippen LogP contribution in [0.15, 0.2) is 22.7 Å². The second-order valence-corrected chi connectivity index (χ2v) is 4.58. The molecule has 2 nitrogen and oxygen atoms in total. The first-order valence-corrected chi connectivity index (χ1v) is 5.65. The van der Waals surface area contributed by atoms with Gasteiger partial charge in [0.15, 0.2) is 0 Å². The second-order valence-electron chi connectivity index (χ2n) is 3.72. The first-order valence-electron chi connectivity index (χ1n) is 4.86. The van der Waals surface area contributed by atoms with Gasteiger partial charge in [-0.15, -0.1) is 0 Å². The highest BCUT2D eigenvalue weighted by molar-refractivity contribution is 9.10. The molecule has 0 heterocycles. The Morgan fingerprint density at radius 3 is 2.67 bits per heavy atom. The fourth-order valence-electron chi connectivity index (χ4n) is 1.42. The average Bonchev–Trinajstić information content (AvgIpc) is 2.18. The van der Waals surface area contributed by atoms with Crippen LogP contribution in [0.3, 0.4) is 0 Å². The number of halogens is 2. The Hall–Kier alpha value is -0.450. The number of hydrogen-bond acceptors (Lipinski definition) is 2. The maximum Gasteiger partial charge on any atom is 0.123 e. The van der Waals surface area contributed by atoms with Crippen molar-refractivity contribution in [2.24, 2.45) is 0 Å². The van der Waals surface area contributed by atoms with Crippen molar-refractivity contribution >= 4 is 15.9 Å². The summed E-state index contributed by atoms with van der Waals surface area (Å²) in [7, 11) is 0. The smallest absolute Gasteiger partial charge is 0.123 e. The van der Waals surface area contributed by atoms with E-state index in [4.69, 9.17) is 0 Å². The first-order chi connectivity index (χ1) is 7.04. The summed E-state index contributed by atoms with van der Waals surface area (Å²) < 4.78 is 13.9. The van der Waals surface area contributed by atoms with Gasteiger partial charge in [0.1, 0.15) is 5.82 Å². The van der Waals surface area contributed by atoms with E-state index in [1.165, 1.54) is 12.1 Å². The molecule has 0 aliphatic heterocycles. The van der Waals surface area contributed by atoms with Crippen LogP contribution in [0.1, 0.15) is 25.5 Å². The largest absolute Gasteiger partial charge is 0.394 e. The third-order valence-electron chi connectivity index (χ3n) is 2.05. The van der Waals surface area contributed by atoms with Gasteiger partial charge in [0.2, 0.25) is 0 Å². The van der Waals surface area contributed by atoms with Crippen molar-refractivity contribution in [2.75, 3.05) is 6.61 Å². The molecule has 1 unspecified atom stereocenters. The predicted octanol–water partition coefficient (Wildman–Crippen LogP) is 2.62. The molecule has 0 aliphatic rings. The number of aliphatic hydroxyl groups excluding tert-OH is 1. The molecule has 0 aliphatic carbocycles. The van der Waals surface area contributed by atoms with E-state index in [0.29, 0.717) is 0 Å². The highest BCUT2D eigenvalue weighted by Crippen LogP contribution is 2.24. The molecule has 4 heteroatoms. The minimum atomic E-state index is -0.294. The number of benzene rings is 1. The Balaban J connectivity index is 2.95. The molecular formula is C11H15BrFNO. The summed E-state index contributed by atoms with van der Waals surface area (Å²) in [5.74, 6) is -0.294. The van der Waals surface area contributed by atoms with Crippen LogP contribution >= 0.6 is 15.9 Å². The second kappa shape index (κ2) is 5.58. The minimum Gasteiger partial charge on any atom is -0.394 e. The zero-order chi connectivity index (χ0) is 11.4. The van der Waals surface area contributed by atoms with Crippen molar-refractivity contribution in [2.45, 2.75) is 25.9 Å². The molecule has 1 atom stereocenters. The van der Waals surface area contributed by atoms with E-state index < -0.39 is 0 Å². The zero-order valence-electron chi connectivity index (χ0n) is 8.80. The standard InChI is InChI=1S/C11H15BrFNO/c1-7(2)14-11(6-15)9-5-8(13)3-4-10(9)12/h3-5,7,11,14-15H,6H2,1-2H3. The molecule has 0 aromatic heterocycles. The van der Waals surface area contributed by atoms with Gasteiger partial charge in [0.05, 0.1) is 12.6 Å². The molecule has 0 radical (unpaired) electrons. The van der Waals surface area contributed by atoms with Crippen molar-refractivity contribution in [1.29, 1.82) is 0 Å². The monoisotopic (exact) mass is 275 g/mol. The van der Waals surface area contributed by atoms with Gasteiger partial charge in [0.25, 0.3) is 0 Å². The third-order valence-corrected chi connectivity index (χ3v) is 2.77. The lowest BCUT2D eigenvalue weighted by Gasteiger charge is -2.20. The van der Waals surface area contributed by atoms with Crippen molar-refractivity contribution in [3.63, 3.8) is 0 Å². The summed E-state index contributed by atoms with van der Waals surface area (Å²) in [4.78, 5) is 0. The summed E-state index contributed by atoms with van der Waals surface area (Å²) in [6, 6.07) is 4.46. The fourth-order valence-corrected chi connectivity index (χ4v) is 1.95. The molecule has 0 amide bonds. The van der Waals surface area contributed by atoms with Crippen LogP contribution in [0.2, 0.25) is 0 Å². The Bertz CT molecular complexity index is 330. The number of hydrogen-bond donors (Lipinski definition) is 2. The van der Waals surface area contributed by atoms with Crippen LogP contribution in [-0.2, 0) is 0 Å². The van der Waals surface area contributed by atoms with E-state index >= 15 is 0 Å². The number of rotatable bonds is 4. The molecule has 2 N–H and O–H groups in total. The van der Waals surface area contributed by atoms with Crippen molar-refractivity contribution in [3.05, 3.63) is 34.1 Å².